The standard InChI is InChI=1S/C12H18O2.C10H13F.C4H10.C3H8.3C2H6/c1-9(2)8-14-12-6-10(3)5-11(7-12)13-4;1-3-8-6-5-7-10(11)9(8)4-2;1-4(2)3;1-3-2;3*1-2/h5-7,9H,8H2,1-4H3;5-7H,3-4H2,1-2H3;4H,1-3H3;3H2,1-2H3;3*1-2H3. The summed E-state index contributed by atoms with van der Waals surface area (Å²) in [5.41, 5.74) is 3.16. The van der Waals surface area contributed by atoms with Crippen LogP contribution in [0.15, 0.2) is 36.4 Å². The number of benzene rings is 2. The maximum Gasteiger partial charge on any atom is 0.126 e. The van der Waals surface area contributed by atoms with Gasteiger partial charge in [0.05, 0.1) is 13.7 Å². The van der Waals surface area contributed by atoms with Gasteiger partial charge in [0.15, 0.2) is 0 Å². The van der Waals surface area contributed by atoms with Crippen LogP contribution in [0.25, 0.3) is 0 Å². The molecule has 0 aliphatic heterocycles. The molecule has 0 atom stereocenters. The van der Waals surface area contributed by atoms with Gasteiger partial charge in [0.25, 0.3) is 0 Å². The molecule has 0 aliphatic carbocycles. The molecule has 0 heterocycles. The lowest BCUT2D eigenvalue weighted by Gasteiger charge is -2.10. The monoisotopic (exact) mass is 539 g/mol. The summed E-state index contributed by atoms with van der Waals surface area (Å²) in [5.74, 6) is 3.05. The van der Waals surface area contributed by atoms with Gasteiger partial charge < -0.3 is 9.47 Å². The summed E-state index contributed by atoms with van der Waals surface area (Å²) in [7, 11) is 1.67. The summed E-state index contributed by atoms with van der Waals surface area (Å²) in [6.45, 7) is 33.8. The van der Waals surface area contributed by atoms with Crippen LogP contribution in [0, 0.1) is 24.6 Å². The van der Waals surface area contributed by atoms with Crippen LogP contribution in [-0.4, -0.2) is 13.7 Å². The van der Waals surface area contributed by atoms with E-state index in [1.807, 2.05) is 86.6 Å². The molecule has 226 valence electrons. The van der Waals surface area contributed by atoms with Crippen LogP contribution in [-0.2, 0) is 12.8 Å². The number of hydrogen-bond acceptors (Lipinski definition) is 2. The molecule has 3 heteroatoms. The van der Waals surface area contributed by atoms with Crippen molar-refractivity contribution in [1.82, 2.24) is 0 Å². The maximum absolute atomic E-state index is 13.0. The number of hydrogen-bond donors (Lipinski definition) is 0. The van der Waals surface area contributed by atoms with E-state index in [0.29, 0.717) is 5.92 Å². The average molecular weight is 539 g/mol. The van der Waals surface area contributed by atoms with Gasteiger partial charge >= 0.3 is 0 Å². The van der Waals surface area contributed by atoms with Crippen molar-refractivity contribution in [3.05, 3.63) is 58.9 Å². The van der Waals surface area contributed by atoms with Crippen LogP contribution in [0.4, 0.5) is 4.39 Å². The second-order valence-electron chi connectivity index (χ2n) is 8.91. The molecule has 0 bridgehead atoms. The first-order chi connectivity index (χ1) is 18.1. The third-order valence-corrected chi connectivity index (χ3v) is 3.79. The van der Waals surface area contributed by atoms with Crippen LogP contribution >= 0.6 is 0 Å². The predicted octanol–water partition coefficient (Wildman–Crippen LogP) is 12.1. The average Bonchev–Trinajstić information content (AvgIpc) is 2.91. The molecule has 0 aromatic heterocycles. The quantitative estimate of drug-likeness (QED) is 0.364. The zero-order valence-electron chi connectivity index (χ0n) is 28.6. The molecule has 2 nitrogen and oxygen atoms in total. The Bertz CT molecular complexity index is 706. The van der Waals surface area contributed by atoms with Crippen LogP contribution in [0.5, 0.6) is 11.5 Å². The highest BCUT2D eigenvalue weighted by atomic mass is 19.1. The Morgan fingerprint density at radius 2 is 1.18 bits per heavy atom. The molecule has 0 radical (unpaired) electrons. The fourth-order valence-corrected chi connectivity index (χ4v) is 2.51. The smallest absolute Gasteiger partial charge is 0.126 e. The Hall–Kier alpha value is -2.03. The zero-order chi connectivity index (χ0) is 31.1. The van der Waals surface area contributed by atoms with E-state index in [0.717, 1.165) is 53.6 Å². The summed E-state index contributed by atoms with van der Waals surface area (Å²) < 4.78 is 23.8. The number of halogens is 1. The second kappa shape index (κ2) is 35.0. The van der Waals surface area contributed by atoms with Gasteiger partial charge in [-0.25, -0.2) is 4.39 Å². The van der Waals surface area contributed by atoms with E-state index in [1.165, 1.54) is 12.5 Å². The Morgan fingerprint density at radius 3 is 1.53 bits per heavy atom. The molecule has 2 aromatic carbocycles. The van der Waals surface area contributed by atoms with E-state index >= 15 is 0 Å². The van der Waals surface area contributed by atoms with Crippen molar-refractivity contribution in [3.63, 3.8) is 0 Å². The molecule has 0 amide bonds. The number of ether oxygens (including phenoxy) is 2. The van der Waals surface area contributed by atoms with Gasteiger partial charge in [0, 0.05) is 6.07 Å². The highest BCUT2D eigenvalue weighted by Gasteiger charge is 2.03. The fourth-order valence-electron chi connectivity index (χ4n) is 2.51. The Morgan fingerprint density at radius 1 is 0.737 bits per heavy atom. The SMILES string of the molecule is CC.CC.CC.CC(C)C.CCC.CCc1cccc(F)c1CC.COc1cc(C)cc(OCC(C)C)c1. The minimum Gasteiger partial charge on any atom is -0.497 e. The summed E-state index contributed by atoms with van der Waals surface area (Å²) in [6.07, 6.45) is 2.96. The molecule has 0 N–H and O–H groups in total. The minimum absolute atomic E-state index is 0.0631. The number of methoxy groups -OCH3 is 1. The molecule has 0 aliphatic rings. The first-order valence-electron chi connectivity index (χ1n) is 15.1. The molecular formula is C35H67FO2. The molecule has 2 aromatic rings. The maximum atomic E-state index is 13.0. The van der Waals surface area contributed by atoms with Gasteiger partial charge in [0.1, 0.15) is 17.3 Å². The molecule has 0 saturated heterocycles. The van der Waals surface area contributed by atoms with Gasteiger partial charge in [-0.3, -0.25) is 0 Å². The van der Waals surface area contributed by atoms with E-state index in [2.05, 4.69) is 48.5 Å². The summed E-state index contributed by atoms with van der Waals surface area (Å²) >= 11 is 0. The van der Waals surface area contributed by atoms with E-state index in [1.54, 1.807) is 13.2 Å². The van der Waals surface area contributed by atoms with E-state index in [9.17, 15) is 4.39 Å². The molecule has 0 fully saturated rings. The van der Waals surface area contributed by atoms with Crippen molar-refractivity contribution in [2.45, 2.75) is 130 Å². The summed E-state index contributed by atoms with van der Waals surface area (Å²) in [5, 5.41) is 0. The van der Waals surface area contributed by atoms with Crippen LogP contribution < -0.4 is 9.47 Å². The number of aryl methyl sites for hydroxylation is 2. The summed E-state index contributed by atoms with van der Waals surface area (Å²) in [6, 6.07) is 11.2. The molecule has 38 heavy (non-hydrogen) atoms. The molecule has 2 rings (SSSR count). The van der Waals surface area contributed by atoms with Crippen LogP contribution in [0.2, 0.25) is 0 Å². The Kier molecular flexibility index (Phi) is 42.2. The lowest BCUT2D eigenvalue weighted by Crippen LogP contribution is -2.04. The molecule has 0 spiro atoms. The highest BCUT2D eigenvalue weighted by molar-refractivity contribution is 5.37. The molecule has 0 saturated carbocycles. The lowest BCUT2D eigenvalue weighted by atomic mass is 10.0. The number of rotatable bonds is 6. The first kappa shape index (κ1) is 45.9. The van der Waals surface area contributed by atoms with Crippen molar-refractivity contribution in [3.8, 4) is 11.5 Å². The second-order valence-corrected chi connectivity index (χ2v) is 8.91. The topological polar surface area (TPSA) is 18.5 Å². The van der Waals surface area contributed by atoms with Gasteiger partial charge in [0.2, 0.25) is 0 Å². The zero-order valence-corrected chi connectivity index (χ0v) is 28.6. The molecule has 0 unspecified atom stereocenters. The van der Waals surface area contributed by atoms with E-state index < -0.39 is 0 Å². The van der Waals surface area contributed by atoms with E-state index in [4.69, 9.17) is 9.47 Å². The largest absolute Gasteiger partial charge is 0.497 e. The minimum atomic E-state index is -0.0631. The Balaban J connectivity index is -0.000000134. The van der Waals surface area contributed by atoms with Crippen molar-refractivity contribution >= 4 is 0 Å². The normalized spacial score (nSPS) is 8.63. The highest BCUT2D eigenvalue weighted by Crippen LogP contribution is 2.22. The Labute approximate surface area is 239 Å². The van der Waals surface area contributed by atoms with Gasteiger partial charge in [-0.2, -0.15) is 0 Å². The van der Waals surface area contributed by atoms with Crippen LogP contribution in [0.3, 0.4) is 0 Å². The first-order valence-corrected chi connectivity index (χ1v) is 15.1. The van der Waals surface area contributed by atoms with Gasteiger partial charge in [-0.1, -0.05) is 122 Å². The lowest BCUT2D eigenvalue weighted by molar-refractivity contribution is 0.269. The predicted molar refractivity (Wildman–Crippen MR) is 174 cm³/mol. The molecular weight excluding hydrogens is 471 g/mol. The van der Waals surface area contributed by atoms with Crippen molar-refractivity contribution in [1.29, 1.82) is 0 Å². The van der Waals surface area contributed by atoms with Crippen molar-refractivity contribution in [2.24, 2.45) is 11.8 Å². The van der Waals surface area contributed by atoms with Gasteiger partial charge in [-0.05, 0) is 66.5 Å². The third-order valence-electron chi connectivity index (χ3n) is 3.79. The van der Waals surface area contributed by atoms with Gasteiger partial charge in [-0.15, -0.1) is 0 Å². The third kappa shape index (κ3) is 30.2. The van der Waals surface area contributed by atoms with E-state index in [-0.39, 0.29) is 5.82 Å². The van der Waals surface area contributed by atoms with Crippen molar-refractivity contribution < 1.29 is 13.9 Å². The van der Waals surface area contributed by atoms with Crippen LogP contribution in [0.1, 0.15) is 127 Å². The summed E-state index contributed by atoms with van der Waals surface area (Å²) in [4.78, 5) is 0. The fraction of sp³-hybridized carbons (Fsp3) is 0.657. The van der Waals surface area contributed by atoms with Crippen molar-refractivity contribution in [2.75, 3.05) is 13.7 Å².